The van der Waals surface area contributed by atoms with Crippen molar-refractivity contribution in [2.45, 2.75) is 177 Å². The van der Waals surface area contributed by atoms with Gasteiger partial charge < -0.3 is 24.1 Å². The van der Waals surface area contributed by atoms with Crippen LogP contribution >= 0.6 is 0 Å². The van der Waals surface area contributed by atoms with Crippen LogP contribution < -0.4 is 0 Å². The largest absolute Gasteiger partial charge is 0.463 e. The molecule has 0 aromatic heterocycles. The normalized spacial score (nSPS) is 40.7. The first-order chi connectivity index (χ1) is 21.7. The molecule has 9 heteroatoms. The smallest absolute Gasteiger partial charge is 0.347 e. The van der Waals surface area contributed by atoms with Crippen LogP contribution in [0, 0.1) is 52.8 Å². The third kappa shape index (κ3) is 7.64. The van der Waals surface area contributed by atoms with E-state index in [-0.39, 0.29) is 61.1 Å². The third-order valence-corrected chi connectivity index (χ3v) is 13.9. The van der Waals surface area contributed by atoms with E-state index in [9.17, 15) is 24.3 Å². The summed E-state index contributed by atoms with van der Waals surface area (Å²) in [4.78, 5) is 53.8. The second kappa shape index (κ2) is 15.1. The summed E-state index contributed by atoms with van der Waals surface area (Å²) >= 11 is 0. The molecule has 8 saturated carbocycles. The molecule has 1 heterocycles. The Bertz CT molecular complexity index is 1220. The van der Waals surface area contributed by atoms with E-state index in [0.29, 0.717) is 42.9 Å². The minimum atomic E-state index is -0.982. The highest BCUT2D eigenvalue weighted by Crippen LogP contribution is 2.61. The lowest BCUT2D eigenvalue weighted by Gasteiger charge is -2.59. The second-order valence-electron chi connectivity index (χ2n) is 17.5. The maximum Gasteiger partial charge on any atom is 0.347 e. The maximum absolute atomic E-state index is 14.1. The number of aliphatic hydroxyl groups is 1. The predicted octanol–water partition coefficient (Wildman–Crippen LogP) is 8.22. The van der Waals surface area contributed by atoms with Crippen molar-refractivity contribution in [3.05, 3.63) is 0 Å². The van der Waals surface area contributed by atoms with Crippen LogP contribution in [0.1, 0.15) is 154 Å². The van der Waals surface area contributed by atoms with E-state index in [1.165, 1.54) is 6.42 Å². The van der Waals surface area contributed by atoms with Gasteiger partial charge in [-0.15, -0.1) is 0 Å². The van der Waals surface area contributed by atoms with Crippen molar-refractivity contribution in [1.82, 2.24) is 0 Å². The minimum Gasteiger partial charge on any atom is -0.463 e. The van der Waals surface area contributed by atoms with Crippen molar-refractivity contribution >= 4 is 23.9 Å². The van der Waals surface area contributed by atoms with Gasteiger partial charge in [-0.25, -0.2) is 4.79 Å². The number of hydrogen-bond donors (Lipinski definition) is 1. The highest BCUT2D eigenvalue weighted by Gasteiger charge is 2.60. The summed E-state index contributed by atoms with van der Waals surface area (Å²) in [6, 6.07) is 0. The fourth-order valence-corrected chi connectivity index (χ4v) is 11.7. The van der Waals surface area contributed by atoms with Crippen LogP contribution in [0.3, 0.4) is 0 Å². The molecule has 1 aliphatic heterocycles. The summed E-state index contributed by atoms with van der Waals surface area (Å²) in [5, 5.41) is 11.2. The molecule has 50 heavy (non-hydrogen) atoms. The Labute approximate surface area is 302 Å². The first-order valence-electron chi connectivity index (χ1n) is 18.3. The second-order valence-corrected chi connectivity index (χ2v) is 17.5. The van der Waals surface area contributed by atoms with Gasteiger partial charge >= 0.3 is 23.9 Å². The Balaban J connectivity index is 0.00000169. The van der Waals surface area contributed by atoms with Crippen molar-refractivity contribution in [3.63, 3.8) is 0 Å². The van der Waals surface area contributed by atoms with Crippen LogP contribution in [0.15, 0.2) is 0 Å². The van der Waals surface area contributed by atoms with E-state index >= 15 is 0 Å². The molecule has 8 aliphatic carbocycles. The Morgan fingerprint density at radius 1 is 0.880 bits per heavy atom. The van der Waals surface area contributed by atoms with Crippen molar-refractivity contribution in [1.29, 1.82) is 0 Å². The average molecular weight is 707 g/mol. The molecule has 1 N–H and O–H groups in total. The van der Waals surface area contributed by atoms with E-state index in [1.807, 2.05) is 13.8 Å². The Hall–Kier alpha value is -2.16. The van der Waals surface area contributed by atoms with Gasteiger partial charge in [0.2, 0.25) is 6.10 Å². The number of hydrogen-bond acceptors (Lipinski definition) is 9. The Kier molecular flexibility index (Phi) is 12.7. The summed E-state index contributed by atoms with van der Waals surface area (Å²) in [6.45, 7) is 7.89. The minimum absolute atomic E-state index is 0. The van der Waals surface area contributed by atoms with Gasteiger partial charge in [-0.1, -0.05) is 43.6 Å². The zero-order valence-electron chi connectivity index (χ0n) is 28.2. The topological polar surface area (TPSA) is 125 Å². The molecule has 9 aliphatic rings. The lowest BCUT2D eigenvalue weighted by atomic mass is 9.50. The van der Waals surface area contributed by atoms with Crippen LogP contribution in [0.5, 0.6) is 0 Å². The third-order valence-electron chi connectivity index (χ3n) is 13.9. The molecule has 6 atom stereocenters. The molecule has 9 rings (SSSR count). The summed E-state index contributed by atoms with van der Waals surface area (Å²) in [6.07, 6.45) is 10.5. The van der Waals surface area contributed by atoms with E-state index in [0.717, 1.165) is 69.6 Å². The molecule has 0 radical (unpaired) electrons. The van der Waals surface area contributed by atoms with E-state index in [2.05, 4.69) is 6.92 Å². The van der Waals surface area contributed by atoms with Crippen LogP contribution in [0.4, 0.5) is 0 Å². The van der Waals surface area contributed by atoms with E-state index < -0.39 is 52.1 Å². The molecule has 0 aromatic carbocycles. The zero-order valence-corrected chi connectivity index (χ0v) is 28.2. The Morgan fingerprint density at radius 3 is 1.94 bits per heavy atom. The lowest BCUT2D eigenvalue weighted by molar-refractivity contribution is -0.222. The molecular weight excluding hydrogens is 636 g/mol. The molecule has 0 aromatic rings. The van der Waals surface area contributed by atoms with Gasteiger partial charge in [0, 0.05) is 12.8 Å². The van der Waals surface area contributed by atoms with Crippen LogP contribution in [0.2, 0.25) is 0 Å². The van der Waals surface area contributed by atoms with Gasteiger partial charge in [-0.2, -0.15) is 0 Å². The van der Waals surface area contributed by atoms with E-state index in [4.69, 9.17) is 18.9 Å². The van der Waals surface area contributed by atoms with E-state index in [1.54, 1.807) is 6.92 Å². The lowest BCUT2D eigenvalue weighted by Crippen LogP contribution is -2.60. The first kappa shape index (κ1) is 42.3. The van der Waals surface area contributed by atoms with Crippen molar-refractivity contribution in [3.8, 4) is 0 Å². The van der Waals surface area contributed by atoms with Gasteiger partial charge in [0.25, 0.3) is 0 Å². The van der Waals surface area contributed by atoms with Crippen molar-refractivity contribution in [2.75, 3.05) is 6.61 Å². The highest BCUT2D eigenvalue weighted by molar-refractivity contribution is 5.83. The SMILES string of the molecule is C.C.C.C.CCC(C)(CC(CC(C)C(=O)OC12CC3CC(CC(O)(C3)C1)C2)C(=O)OC1CCOC1=O)C(=O)OC1(C)C2CC3CC(C2)CC1C3. The quantitative estimate of drug-likeness (QED) is 0.167. The summed E-state index contributed by atoms with van der Waals surface area (Å²) in [5.74, 6) is -0.312. The molecule has 288 valence electrons. The Morgan fingerprint density at radius 2 is 1.44 bits per heavy atom. The van der Waals surface area contributed by atoms with Gasteiger partial charge in [0.15, 0.2) is 0 Å². The summed E-state index contributed by atoms with van der Waals surface area (Å²) in [7, 11) is 0. The summed E-state index contributed by atoms with van der Waals surface area (Å²) in [5.41, 5.74) is -2.88. The van der Waals surface area contributed by atoms with Crippen LogP contribution in [-0.4, -0.2) is 58.5 Å². The molecular formula is C41H70O9. The van der Waals surface area contributed by atoms with Gasteiger partial charge in [-0.3, -0.25) is 14.4 Å². The highest BCUT2D eigenvalue weighted by atomic mass is 16.6. The average Bonchev–Trinajstić information content (AvgIpc) is 3.37. The number of carbonyl (C=O) groups excluding carboxylic acids is 4. The van der Waals surface area contributed by atoms with Gasteiger partial charge in [0.1, 0.15) is 11.2 Å². The van der Waals surface area contributed by atoms with Gasteiger partial charge in [0.05, 0.1) is 29.5 Å². The molecule has 0 spiro atoms. The standard InChI is InChI=1S/C37H54O9.4CH4/c1-5-34(3,33(41)46-35(4)27-11-22-9-23(13-27)14-28(35)12-22)19-26(31(39)44-29-6-7-43-32(29)40)8-21(2)30(38)45-37-17-24-10-25(18-37)16-36(42,15-24)20-37;;;;/h21-29,42H,5-20H2,1-4H3;4*1H4. The number of rotatable bonds is 11. The number of carbonyl (C=O) groups is 4. The number of cyclic esters (lactones) is 1. The van der Waals surface area contributed by atoms with Crippen molar-refractivity contribution < 1.29 is 43.2 Å². The number of ether oxygens (including phenoxy) is 4. The fourth-order valence-electron chi connectivity index (χ4n) is 11.7. The molecule has 6 unspecified atom stereocenters. The molecule has 8 bridgehead atoms. The zero-order chi connectivity index (χ0) is 32.6. The molecule has 1 saturated heterocycles. The maximum atomic E-state index is 14.1. The number of esters is 4. The molecule has 9 fully saturated rings. The fraction of sp³-hybridized carbons (Fsp3) is 0.902. The van der Waals surface area contributed by atoms with Crippen molar-refractivity contribution in [2.24, 2.45) is 52.8 Å². The molecule has 9 nitrogen and oxygen atoms in total. The van der Waals surface area contributed by atoms with Gasteiger partial charge in [-0.05, 0) is 133 Å². The predicted molar refractivity (Wildman–Crippen MR) is 193 cm³/mol. The van der Waals surface area contributed by atoms with Crippen LogP contribution in [-0.2, 0) is 38.1 Å². The van der Waals surface area contributed by atoms with Crippen LogP contribution in [0.25, 0.3) is 0 Å². The first-order valence-corrected chi connectivity index (χ1v) is 18.3. The molecule has 0 amide bonds. The summed E-state index contributed by atoms with van der Waals surface area (Å²) < 4.78 is 23.5. The monoisotopic (exact) mass is 707 g/mol.